The molecule has 2 aromatic rings. The summed E-state index contributed by atoms with van der Waals surface area (Å²) in [7, 11) is 0. The molecule has 0 unspecified atom stereocenters. The summed E-state index contributed by atoms with van der Waals surface area (Å²) in [5.41, 5.74) is 0.468. The van der Waals surface area contributed by atoms with Gasteiger partial charge in [0, 0.05) is 16.8 Å². The molecular weight excluding hydrogens is 251 g/mol. The number of alkyl halides is 3. The molecule has 0 saturated heterocycles. The number of hydrogen-bond acceptors (Lipinski definition) is 1. The molecule has 0 N–H and O–H groups in total. The molecule has 0 spiro atoms. The number of hydrogen-bond donors (Lipinski definition) is 0. The van der Waals surface area contributed by atoms with Gasteiger partial charge in [-0.05, 0) is 24.3 Å². The second-order valence-corrected chi connectivity index (χ2v) is 3.87. The lowest BCUT2D eigenvalue weighted by Gasteiger charge is -2.07. The Labute approximate surface area is 101 Å². The fourth-order valence-electron chi connectivity index (χ4n) is 1.39. The van der Waals surface area contributed by atoms with E-state index >= 15 is 0 Å². The van der Waals surface area contributed by atoms with Crippen molar-refractivity contribution in [1.82, 2.24) is 4.98 Å². The summed E-state index contributed by atoms with van der Waals surface area (Å²) in [5, 5.41) is 0.495. The molecule has 2 rings (SSSR count). The molecule has 1 nitrogen and oxygen atoms in total. The van der Waals surface area contributed by atoms with Crippen molar-refractivity contribution in [1.29, 1.82) is 0 Å². The Balaban J connectivity index is 2.36. The summed E-state index contributed by atoms with van der Waals surface area (Å²) < 4.78 is 37.0. The maximum Gasteiger partial charge on any atom is 0.416 e. The van der Waals surface area contributed by atoms with Gasteiger partial charge in [-0.15, -0.1) is 0 Å². The third kappa shape index (κ3) is 2.77. The van der Waals surface area contributed by atoms with Crippen LogP contribution in [-0.2, 0) is 6.18 Å². The van der Waals surface area contributed by atoms with Crippen molar-refractivity contribution in [2.75, 3.05) is 0 Å². The summed E-state index contributed by atoms with van der Waals surface area (Å²) in [5.74, 6) is 0. The molecule has 0 fully saturated rings. The zero-order valence-corrected chi connectivity index (χ0v) is 9.26. The minimum Gasteiger partial charge on any atom is -0.256 e. The van der Waals surface area contributed by atoms with Crippen LogP contribution < -0.4 is 0 Å². The molecule has 0 aliphatic carbocycles. The zero-order valence-electron chi connectivity index (χ0n) is 8.50. The molecule has 1 aromatic carbocycles. The average Bonchev–Trinajstić information content (AvgIpc) is 2.28. The van der Waals surface area contributed by atoms with Gasteiger partial charge in [0.25, 0.3) is 0 Å². The largest absolute Gasteiger partial charge is 0.416 e. The summed E-state index contributed by atoms with van der Waals surface area (Å²) in [6, 6.07) is 8.01. The molecule has 0 aliphatic heterocycles. The van der Waals surface area contributed by atoms with E-state index in [1.807, 2.05) is 0 Å². The van der Waals surface area contributed by atoms with E-state index in [1.54, 1.807) is 12.1 Å². The van der Waals surface area contributed by atoms with E-state index in [2.05, 4.69) is 4.98 Å². The van der Waals surface area contributed by atoms with Gasteiger partial charge in [0.15, 0.2) is 0 Å². The molecule has 17 heavy (non-hydrogen) atoms. The predicted octanol–water partition coefficient (Wildman–Crippen LogP) is 4.42. The minimum absolute atomic E-state index is 0.495. The normalized spacial score (nSPS) is 11.5. The Hall–Kier alpha value is -1.55. The first-order chi connectivity index (χ1) is 7.97. The fourth-order valence-corrected chi connectivity index (χ4v) is 1.55. The standard InChI is InChI=1S/C12H7ClF3N/c13-10-5-6-17-11(7-10)8-1-3-9(4-2-8)12(14,15)16/h1-7H. The Morgan fingerprint density at radius 3 is 2.18 bits per heavy atom. The van der Waals surface area contributed by atoms with Gasteiger partial charge in [-0.2, -0.15) is 13.2 Å². The minimum atomic E-state index is -4.32. The third-order valence-corrected chi connectivity index (χ3v) is 2.47. The van der Waals surface area contributed by atoms with Crippen molar-refractivity contribution in [3.05, 3.63) is 53.2 Å². The van der Waals surface area contributed by atoms with E-state index in [4.69, 9.17) is 11.6 Å². The molecule has 0 amide bonds. The highest BCUT2D eigenvalue weighted by Crippen LogP contribution is 2.30. The van der Waals surface area contributed by atoms with Crippen molar-refractivity contribution >= 4 is 11.6 Å². The van der Waals surface area contributed by atoms with Gasteiger partial charge in [-0.3, -0.25) is 4.98 Å². The van der Waals surface area contributed by atoms with Gasteiger partial charge in [0.1, 0.15) is 0 Å². The SMILES string of the molecule is FC(F)(F)c1ccc(-c2cc(Cl)ccn2)cc1. The van der Waals surface area contributed by atoms with Crippen LogP contribution in [0.15, 0.2) is 42.6 Å². The van der Waals surface area contributed by atoms with Crippen LogP contribution in [0.25, 0.3) is 11.3 Å². The zero-order chi connectivity index (χ0) is 12.5. The number of aromatic nitrogens is 1. The summed E-state index contributed by atoms with van der Waals surface area (Å²) in [6.07, 6.45) is -2.81. The first kappa shape index (κ1) is 11.9. The van der Waals surface area contributed by atoms with E-state index in [0.717, 1.165) is 12.1 Å². The maximum atomic E-state index is 12.3. The predicted molar refractivity (Wildman–Crippen MR) is 59.7 cm³/mol. The van der Waals surface area contributed by atoms with Crippen LogP contribution >= 0.6 is 11.6 Å². The van der Waals surface area contributed by atoms with Gasteiger partial charge in [-0.1, -0.05) is 23.7 Å². The Kier molecular flexibility index (Phi) is 3.07. The van der Waals surface area contributed by atoms with Gasteiger partial charge in [-0.25, -0.2) is 0 Å². The number of nitrogens with zero attached hydrogens (tertiary/aromatic N) is 1. The van der Waals surface area contributed by atoms with E-state index in [-0.39, 0.29) is 0 Å². The van der Waals surface area contributed by atoms with E-state index in [9.17, 15) is 13.2 Å². The summed E-state index contributed by atoms with van der Waals surface area (Å²) >= 11 is 5.78. The molecule has 1 aromatic heterocycles. The van der Waals surface area contributed by atoms with Crippen molar-refractivity contribution < 1.29 is 13.2 Å². The van der Waals surface area contributed by atoms with E-state index in [0.29, 0.717) is 16.3 Å². The number of rotatable bonds is 1. The van der Waals surface area contributed by atoms with E-state index < -0.39 is 11.7 Å². The first-order valence-corrected chi connectivity index (χ1v) is 5.14. The van der Waals surface area contributed by atoms with Crippen LogP contribution in [-0.4, -0.2) is 4.98 Å². The molecule has 0 radical (unpaired) electrons. The van der Waals surface area contributed by atoms with E-state index in [1.165, 1.54) is 18.3 Å². The second kappa shape index (κ2) is 4.37. The molecule has 5 heteroatoms. The first-order valence-electron chi connectivity index (χ1n) is 4.76. The summed E-state index contributed by atoms with van der Waals surface area (Å²) in [6.45, 7) is 0. The Morgan fingerprint density at radius 1 is 1.00 bits per heavy atom. The molecule has 0 atom stereocenters. The lowest BCUT2D eigenvalue weighted by Crippen LogP contribution is -2.04. The summed E-state index contributed by atoms with van der Waals surface area (Å²) in [4.78, 5) is 4.04. The van der Waals surface area contributed by atoms with Crippen LogP contribution in [0.2, 0.25) is 5.02 Å². The number of halogens is 4. The van der Waals surface area contributed by atoms with Gasteiger partial charge in [0.2, 0.25) is 0 Å². The number of pyridine rings is 1. The van der Waals surface area contributed by atoms with Crippen LogP contribution in [0.4, 0.5) is 13.2 Å². The molecule has 0 bridgehead atoms. The van der Waals surface area contributed by atoms with Crippen LogP contribution in [0.3, 0.4) is 0 Å². The fraction of sp³-hybridized carbons (Fsp3) is 0.0833. The second-order valence-electron chi connectivity index (χ2n) is 3.43. The van der Waals surface area contributed by atoms with Crippen molar-refractivity contribution in [2.24, 2.45) is 0 Å². The van der Waals surface area contributed by atoms with Crippen molar-refractivity contribution in [3.63, 3.8) is 0 Å². The van der Waals surface area contributed by atoms with Crippen LogP contribution in [0, 0.1) is 0 Å². The average molecular weight is 258 g/mol. The third-order valence-electron chi connectivity index (χ3n) is 2.23. The van der Waals surface area contributed by atoms with Crippen molar-refractivity contribution in [2.45, 2.75) is 6.18 Å². The van der Waals surface area contributed by atoms with Crippen LogP contribution in [0.1, 0.15) is 5.56 Å². The monoisotopic (exact) mass is 257 g/mol. The quantitative estimate of drug-likeness (QED) is 0.737. The molecule has 0 saturated carbocycles. The molecule has 88 valence electrons. The Bertz CT molecular complexity index is 520. The Morgan fingerprint density at radius 2 is 1.65 bits per heavy atom. The lowest BCUT2D eigenvalue weighted by molar-refractivity contribution is -0.137. The van der Waals surface area contributed by atoms with Gasteiger partial charge < -0.3 is 0 Å². The molecular formula is C12H7ClF3N. The van der Waals surface area contributed by atoms with Gasteiger partial charge in [0.05, 0.1) is 11.3 Å². The highest BCUT2D eigenvalue weighted by atomic mass is 35.5. The van der Waals surface area contributed by atoms with Crippen LogP contribution in [0.5, 0.6) is 0 Å². The molecule has 0 aliphatic rings. The smallest absolute Gasteiger partial charge is 0.256 e. The molecule has 1 heterocycles. The topological polar surface area (TPSA) is 12.9 Å². The highest BCUT2D eigenvalue weighted by molar-refractivity contribution is 6.30. The lowest BCUT2D eigenvalue weighted by atomic mass is 10.1. The number of benzene rings is 1. The van der Waals surface area contributed by atoms with Gasteiger partial charge >= 0.3 is 6.18 Å². The highest BCUT2D eigenvalue weighted by Gasteiger charge is 2.29. The maximum absolute atomic E-state index is 12.3. The van der Waals surface area contributed by atoms with Crippen molar-refractivity contribution in [3.8, 4) is 11.3 Å².